The van der Waals surface area contributed by atoms with Crippen molar-refractivity contribution in [3.8, 4) is 0 Å². The summed E-state index contributed by atoms with van der Waals surface area (Å²) < 4.78 is 5.49. The van der Waals surface area contributed by atoms with Gasteiger partial charge in [0.2, 0.25) is 0 Å². The minimum atomic E-state index is -1.18. The number of benzene rings is 1. The van der Waals surface area contributed by atoms with E-state index >= 15 is 0 Å². The number of rotatable bonds is 7. The van der Waals surface area contributed by atoms with Crippen LogP contribution in [0.25, 0.3) is 0 Å². The number of aliphatic hydroxyl groups excluding tert-OH is 1. The van der Waals surface area contributed by atoms with E-state index < -0.39 is 5.79 Å². The summed E-state index contributed by atoms with van der Waals surface area (Å²) in [6.45, 7) is 3.23. The summed E-state index contributed by atoms with van der Waals surface area (Å²) in [5.41, 5.74) is 1.06. The summed E-state index contributed by atoms with van der Waals surface area (Å²) in [6.07, 6.45) is 1.81. The zero-order valence-corrected chi connectivity index (χ0v) is 11.7. The Morgan fingerprint density at radius 1 is 1.28 bits per heavy atom. The molecule has 0 heterocycles. The molecule has 4 heteroatoms. The Morgan fingerprint density at radius 2 is 1.94 bits per heavy atom. The van der Waals surface area contributed by atoms with Gasteiger partial charge in [0.15, 0.2) is 5.79 Å². The van der Waals surface area contributed by atoms with Gasteiger partial charge in [0, 0.05) is 11.6 Å². The number of hydrogen-bond acceptors (Lipinski definition) is 3. The van der Waals surface area contributed by atoms with E-state index in [0.29, 0.717) is 12.8 Å². The fraction of sp³-hybridized carbons (Fsp3) is 0.571. The Balaban J connectivity index is 2.54. The predicted octanol–water partition coefficient (Wildman–Crippen LogP) is 2.77. The molecule has 102 valence electrons. The highest BCUT2D eigenvalue weighted by atomic mass is 35.5. The summed E-state index contributed by atoms with van der Waals surface area (Å²) in [7, 11) is 0. The first kappa shape index (κ1) is 15.4. The molecular weight excluding hydrogens is 252 g/mol. The Hall–Kier alpha value is -0.610. The van der Waals surface area contributed by atoms with Crippen LogP contribution in [-0.4, -0.2) is 28.7 Å². The number of halogens is 1. The predicted molar refractivity (Wildman–Crippen MR) is 72.6 cm³/mol. The van der Waals surface area contributed by atoms with Crippen molar-refractivity contribution in [3.63, 3.8) is 0 Å². The van der Waals surface area contributed by atoms with Crippen molar-refractivity contribution < 1.29 is 14.9 Å². The van der Waals surface area contributed by atoms with Crippen LogP contribution >= 0.6 is 11.6 Å². The first-order valence-corrected chi connectivity index (χ1v) is 6.54. The Morgan fingerprint density at radius 3 is 2.50 bits per heavy atom. The van der Waals surface area contributed by atoms with Crippen LogP contribution < -0.4 is 0 Å². The van der Waals surface area contributed by atoms with E-state index in [-0.39, 0.29) is 12.7 Å². The first-order valence-electron chi connectivity index (χ1n) is 6.17. The summed E-state index contributed by atoms with van der Waals surface area (Å²) in [5.74, 6) is -1.18. The maximum atomic E-state index is 9.64. The Labute approximate surface area is 113 Å². The maximum absolute atomic E-state index is 9.64. The molecule has 0 saturated carbocycles. The van der Waals surface area contributed by atoms with Gasteiger partial charge in [0.05, 0.1) is 6.10 Å². The lowest BCUT2D eigenvalue weighted by Gasteiger charge is -2.26. The topological polar surface area (TPSA) is 49.7 Å². The van der Waals surface area contributed by atoms with Gasteiger partial charge in [-0.25, -0.2) is 0 Å². The molecule has 2 N–H and O–H groups in total. The van der Waals surface area contributed by atoms with Crippen LogP contribution in [0.3, 0.4) is 0 Å². The van der Waals surface area contributed by atoms with E-state index in [9.17, 15) is 5.11 Å². The third-order valence-electron chi connectivity index (χ3n) is 2.60. The van der Waals surface area contributed by atoms with Crippen LogP contribution in [0.1, 0.15) is 32.3 Å². The molecule has 1 rings (SSSR count). The standard InChI is InChI=1S/C14H21ClO3/c1-14(2,17)18-12(9-10-16)8-7-11-5-3-4-6-13(11)15/h3-6,12,16-17H,7-10H2,1-2H3/t12-/m0/s1. The van der Waals surface area contributed by atoms with Crippen molar-refractivity contribution in [2.45, 2.75) is 45.0 Å². The average molecular weight is 273 g/mol. The summed E-state index contributed by atoms with van der Waals surface area (Å²) in [5, 5.41) is 19.4. The Kier molecular flexibility index (Phi) is 6.09. The van der Waals surface area contributed by atoms with Gasteiger partial charge in [-0.3, -0.25) is 0 Å². The second-order valence-corrected chi connectivity index (χ2v) is 5.24. The van der Waals surface area contributed by atoms with Crippen molar-refractivity contribution in [2.24, 2.45) is 0 Å². The van der Waals surface area contributed by atoms with Crippen LogP contribution in [0, 0.1) is 0 Å². The molecule has 0 unspecified atom stereocenters. The van der Waals surface area contributed by atoms with Crippen molar-refractivity contribution in [1.82, 2.24) is 0 Å². The maximum Gasteiger partial charge on any atom is 0.160 e. The van der Waals surface area contributed by atoms with Gasteiger partial charge in [-0.05, 0) is 44.7 Å². The van der Waals surface area contributed by atoms with Crippen LogP contribution in [0.2, 0.25) is 5.02 Å². The van der Waals surface area contributed by atoms with Crippen molar-refractivity contribution in [1.29, 1.82) is 0 Å². The second-order valence-electron chi connectivity index (χ2n) is 4.83. The van der Waals surface area contributed by atoms with Crippen LogP contribution in [-0.2, 0) is 11.2 Å². The zero-order chi connectivity index (χ0) is 13.6. The zero-order valence-electron chi connectivity index (χ0n) is 10.9. The highest BCUT2D eigenvalue weighted by molar-refractivity contribution is 6.31. The van der Waals surface area contributed by atoms with E-state index in [2.05, 4.69) is 0 Å². The molecule has 0 fully saturated rings. The molecule has 0 bridgehead atoms. The van der Waals surface area contributed by atoms with E-state index in [1.807, 2.05) is 24.3 Å². The third-order valence-corrected chi connectivity index (χ3v) is 2.97. The SMILES string of the molecule is CC(C)(O)O[C@H](CCO)CCc1ccccc1Cl. The van der Waals surface area contributed by atoms with Gasteiger partial charge in [0.1, 0.15) is 0 Å². The van der Waals surface area contributed by atoms with Crippen molar-refractivity contribution >= 4 is 11.6 Å². The fourth-order valence-electron chi connectivity index (χ4n) is 1.83. The largest absolute Gasteiger partial charge is 0.396 e. The van der Waals surface area contributed by atoms with Gasteiger partial charge >= 0.3 is 0 Å². The monoisotopic (exact) mass is 272 g/mol. The van der Waals surface area contributed by atoms with E-state index in [1.54, 1.807) is 13.8 Å². The lowest BCUT2D eigenvalue weighted by Crippen LogP contribution is -2.31. The molecule has 0 aromatic heterocycles. The van der Waals surface area contributed by atoms with Gasteiger partial charge in [-0.15, -0.1) is 0 Å². The molecule has 0 aliphatic carbocycles. The molecular formula is C14H21ClO3. The fourth-order valence-corrected chi connectivity index (χ4v) is 2.06. The molecule has 1 atom stereocenters. The second kappa shape index (κ2) is 7.10. The molecule has 18 heavy (non-hydrogen) atoms. The number of ether oxygens (including phenoxy) is 1. The van der Waals surface area contributed by atoms with E-state index in [0.717, 1.165) is 17.0 Å². The van der Waals surface area contributed by atoms with E-state index in [1.165, 1.54) is 0 Å². The molecule has 0 spiro atoms. The summed E-state index contributed by atoms with van der Waals surface area (Å²) in [6, 6.07) is 7.67. The quantitative estimate of drug-likeness (QED) is 0.751. The number of aliphatic hydroxyl groups is 2. The normalized spacial score (nSPS) is 13.6. The molecule has 0 aliphatic heterocycles. The number of aryl methyl sites for hydroxylation is 1. The minimum Gasteiger partial charge on any atom is -0.396 e. The minimum absolute atomic E-state index is 0.0449. The van der Waals surface area contributed by atoms with Crippen LogP contribution in [0.4, 0.5) is 0 Å². The van der Waals surface area contributed by atoms with Gasteiger partial charge in [-0.1, -0.05) is 29.8 Å². The molecule has 1 aromatic rings. The first-order chi connectivity index (χ1) is 8.42. The molecule has 0 amide bonds. The average Bonchev–Trinajstić information content (AvgIpc) is 2.26. The van der Waals surface area contributed by atoms with E-state index in [4.69, 9.17) is 21.4 Å². The van der Waals surface area contributed by atoms with Crippen molar-refractivity contribution in [3.05, 3.63) is 34.9 Å². The van der Waals surface area contributed by atoms with Crippen LogP contribution in [0.15, 0.2) is 24.3 Å². The highest BCUT2D eigenvalue weighted by Gasteiger charge is 2.20. The number of hydrogen-bond donors (Lipinski definition) is 2. The van der Waals surface area contributed by atoms with Crippen molar-refractivity contribution in [2.75, 3.05) is 6.61 Å². The van der Waals surface area contributed by atoms with Crippen LogP contribution in [0.5, 0.6) is 0 Å². The molecule has 1 aromatic carbocycles. The molecule has 0 radical (unpaired) electrons. The van der Waals surface area contributed by atoms with Gasteiger partial charge in [-0.2, -0.15) is 0 Å². The summed E-state index contributed by atoms with van der Waals surface area (Å²) in [4.78, 5) is 0. The van der Waals surface area contributed by atoms with Gasteiger partial charge in [0.25, 0.3) is 0 Å². The van der Waals surface area contributed by atoms with Gasteiger partial charge < -0.3 is 14.9 Å². The molecule has 3 nitrogen and oxygen atoms in total. The third kappa shape index (κ3) is 5.83. The lowest BCUT2D eigenvalue weighted by molar-refractivity contribution is -0.209. The highest BCUT2D eigenvalue weighted by Crippen LogP contribution is 2.20. The summed E-state index contributed by atoms with van der Waals surface area (Å²) >= 11 is 6.08. The molecule has 0 saturated heterocycles. The smallest absolute Gasteiger partial charge is 0.160 e. The molecule has 0 aliphatic rings. The lowest BCUT2D eigenvalue weighted by atomic mass is 10.0. The Bertz CT molecular complexity index is 360.